The Hall–Kier alpha value is -3.63. The number of aromatic nitrogens is 3. The number of halogens is 2. The molecule has 1 N–H and O–H groups in total. The van der Waals surface area contributed by atoms with Crippen LogP contribution in [0.4, 0.5) is 15.0 Å². The van der Waals surface area contributed by atoms with Crippen LogP contribution in [-0.2, 0) is 11.2 Å². The van der Waals surface area contributed by atoms with Gasteiger partial charge in [-0.15, -0.1) is 5.54 Å². The third kappa shape index (κ3) is 5.54. The summed E-state index contributed by atoms with van der Waals surface area (Å²) >= 11 is 5.31. The van der Waals surface area contributed by atoms with Gasteiger partial charge in [0.15, 0.2) is 11.6 Å². The lowest BCUT2D eigenvalue weighted by molar-refractivity contribution is 0.0707. The molecule has 7 rings (SSSR count). The summed E-state index contributed by atoms with van der Waals surface area (Å²) in [7, 11) is -2.16. The fraction of sp³-hybridized carbons (Fsp3) is 0.474. The van der Waals surface area contributed by atoms with Crippen molar-refractivity contribution in [2.75, 3.05) is 17.7 Å². The number of piperazine rings is 1. The summed E-state index contributed by atoms with van der Waals surface area (Å²) in [4.78, 5) is 30.0. The van der Waals surface area contributed by atoms with Gasteiger partial charge in [-0.1, -0.05) is 83.3 Å². The third-order valence-corrected chi connectivity index (χ3v) is 18.8. The van der Waals surface area contributed by atoms with Gasteiger partial charge in [0.2, 0.25) is 5.88 Å². The molecule has 9 nitrogen and oxygen atoms in total. The van der Waals surface area contributed by atoms with Gasteiger partial charge in [-0.25, -0.2) is 14.2 Å². The number of carbonyl (C=O) groups is 1. The van der Waals surface area contributed by atoms with Crippen LogP contribution in [0, 0.1) is 17.3 Å². The minimum atomic E-state index is -2.16. The monoisotopic (exact) mass is 747 g/mol. The standard InChI is InChI=1S/C38H43ClFN5O4SSi/c1-19(2)51(20(3)4,21(5)6)17-16-25-27(39)14-12-23-10-9-11-26(29(23)25)32-31(40)33-30-35(43-37(42-33)50(8)48)44-18-24-13-15-28(45(24)38(46)47)34(44)22(7)49-36(30)41-32/h9-12,14,19-22,24,28,34H,13,15,18H2,1-8H3,(H,46,47). The summed E-state index contributed by atoms with van der Waals surface area (Å²) < 4.78 is 36.8. The molecule has 51 heavy (non-hydrogen) atoms. The van der Waals surface area contributed by atoms with E-state index in [9.17, 15) is 14.5 Å². The van der Waals surface area contributed by atoms with Crippen LogP contribution in [0.15, 0.2) is 35.5 Å². The zero-order valence-electron chi connectivity index (χ0n) is 30.1. The topological polar surface area (TPSA) is 115 Å². The third-order valence-electron chi connectivity index (χ3n) is 11.5. The van der Waals surface area contributed by atoms with Gasteiger partial charge in [-0.3, -0.25) is 4.90 Å². The highest BCUT2D eigenvalue weighted by Crippen LogP contribution is 2.47. The molecule has 5 unspecified atom stereocenters. The van der Waals surface area contributed by atoms with E-state index in [1.54, 1.807) is 6.07 Å². The molecule has 0 aliphatic carbocycles. The normalized spacial score (nSPS) is 21.9. The minimum Gasteiger partial charge on any atom is -0.609 e. The number of amides is 1. The summed E-state index contributed by atoms with van der Waals surface area (Å²) in [6, 6.07) is 8.27. The van der Waals surface area contributed by atoms with Gasteiger partial charge in [0.25, 0.3) is 0 Å². The fourth-order valence-electron chi connectivity index (χ4n) is 9.30. The van der Waals surface area contributed by atoms with Crippen molar-refractivity contribution in [3.63, 3.8) is 0 Å². The molecule has 5 heterocycles. The van der Waals surface area contributed by atoms with E-state index in [-0.39, 0.29) is 39.7 Å². The molecule has 2 fully saturated rings. The van der Waals surface area contributed by atoms with Crippen molar-refractivity contribution in [1.82, 2.24) is 19.9 Å². The summed E-state index contributed by atoms with van der Waals surface area (Å²) in [6.45, 7) is 15.7. The van der Waals surface area contributed by atoms with Crippen molar-refractivity contribution in [3.05, 3.63) is 46.7 Å². The first-order valence-electron chi connectivity index (χ1n) is 17.6. The average molecular weight is 748 g/mol. The second kappa shape index (κ2) is 13.1. The maximum Gasteiger partial charge on any atom is 0.407 e. The highest BCUT2D eigenvalue weighted by atomic mass is 35.5. The number of hydrogen-bond donors (Lipinski definition) is 1. The number of fused-ring (bicyclic) bond motifs is 6. The van der Waals surface area contributed by atoms with E-state index in [0.29, 0.717) is 63.4 Å². The average Bonchev–Trinajstić information content (AvgIpc) is 3.32. The van der Waals surface area contributed by atoms with Crippen LogP contribution in [0.5, 0.6) is 5.88 Å². The first kappa shape index (κ1) is 35.8. The number of rotatable bonds is 5. The molecule has 2 aromatic heterocycles. The molecule has 4 aromatic rings. The van der Waals surface area contributed by atoms with E-state index in [4.69, 9.17) is 26.3 Å². The Balaban J connectivity index is 1.49. The Morgan fingerprint density at radius 2 is 1.78 bits per heavy atom. The van der Waals surface area contributed by atoms with Crippen LogP contribution in [0.25, 0.3) is 32.9 Å². The van der Waals surface area contributed by atoms with E-state index < -0.39 is 43.3 Å². The maximum absolute atomic E-state index is 17.3. The zero-order chi connectivity index (χ0) is 36.7. The van der Waals surface area contributed by atoms with Gasteiger partial charge in [0.1, 0.15) is 37.0 Å². The van der Waals surface area contributed by atoms with Gasteiger partial charge < -0.3 is 19.3 Å². The lowest BCUT2D eigenvalue weighted by Gasteiger charge is -2.47. The SMILES string of the molecule is CC1Oc2nc(-c3cccc4ccc(Cl)c(C#C[Si](C(C)C)(C(C)C)C(C)C)c34)c(F)c3nc([S+](C)[O-])nc(c23)N2CC3CCC(C12)N3C(=O)O. The Labute approximate surface area is 307 Å². The maximum atomic E-state index is 17.3. The summed E-state index contributed by atoms with van der Waals surface area (Å²) in [5, 5.41) is 12.4. The molecule has 3 aliphatic rings. The van der Waals surface area contributed by atoms with E-state index in [2.05, 4.69) is 58.0 Å². The number of anilines is 1. The van der Waals surface area contributed by atoms with Crippen molar-refractivity contribution in [2.24, 2.45) is 0 Å². The van der Waals surface area contributed by atoms with Crippen LogP contribution in [0.1, 0.15) is 66.9 Å². The van der Waals surface area contributed by atoms with Gasteiger partial charge in [0, 0.05) is 28.7 Å². The van der Waals surface area contributed by atoms with E-state index >= 15 is 4.39 Å². The van der Waals surface area contributed by atoms with Crippen molar-refractivity contribution in [1.29, 1.82) is 0 Å². The zero-order valence-corrected chi connectivity index (χ0v) is 32.7. The Morgan fingerprint density at radius 3 is 2.43 bits per heavy atom. The minimum absolute atomic E-state index is 0.00624. The van der Waals surface area contributed by atoms with E-state index in [1.807, 2.05) is 36.1 Å². The summed E-state index contributed by atoms with van der Waals surface area (Å²) in [6.07, 6.45) is 1.29. The highest BCUT2D eigenvalue weighted by Gasteiger charge is 2.53. The molecule has 0 radical (unpaired) electrons. The molecule has 2 saturated heterocycles. The Bertz CT molecular complexity index is 2120. The molecule has 1 amide bonds. The summed E-state index contributed by atoms with van der Waals surface area (Å²) in [5.41, 5.74) is 6.05. The fourth-order valence-corrected chi connectivity index (χ4v) is 15.1. The van der Waals surface area contributed by atoms with Crippen LogP contribution >= 0.6 is 11.6 Å². The van der Waals surface area contributed by atoms with Crippen LogP contribution in [0.2, 0.25) is 21.6 Å². The van der Waals surface area contributed by atoms with Crippen molar-refractivity contribution in [3.8, 4) is 28.6 Å². The number of carboxylic acid groups (broad SMARTS) is 1. The van der Waals surface area contributed by atoms with E-state index in [1.165, 1.54) is 11.2 Å². The first-order chi connectivity index (χ1) is 24.2. The molecule has 268 valence electrons. The molecule has 13 heteroatoms. The molecule has 2 bridgehead atoms. The second-order valence-electron chi connectivity index (χ2n) is 15.0. The van der Waals surface area contributed by atoms with Gasteiger partial charge in [0.05, 0.1) is 28.7 Å². The lowest BCUT2D eigenvalue weighted by atomic mass is 9.96. The number of hydrogen-bond acceptors (Lipinski definition) is 7. The van der Waals surface area contributed by atoms with Gasteiger partial charge in [-0.05, 0) is 47.8 Å². The molecule has 0 spiro atoms. The molecule has 0 saturated carbocycles. The van der Waals surface area contributed by atoms with Crippen LogP contribution in [-0.4, -0.2) is 80.7 Å². The Kier molecular flexibility index (Phi) is 9.18. The van der Waals surface area contributed by atoms with Crippen molar-refractivity contribution < 1.29 is 23.6 Å². The quantitative estimate of drug-likeness (QED) is 0.0937. The molecule has 2 aromatic carbocycles. The smallest absolute Gasteiger partial charge is 0.407 e. The number of benzene rings is 2. The predicted octanol–water partition coefficient (Wildman–Crippen LogP) is 8.42. The largest absolute Gasteiger partial charge is 0.609 e. The number of pyridine rings is 1. The lowest BCUT2D eigenvalue weighted by Crippen LogP contribution is -2.64. The predicted molar refractivity (Wildman–Crippen MR) is 203 cm³/mol. The van der Waals surface area contributed by atoms with Crippen molar-refractivity contribution in [2.45, 2.75) is 107 Å². The Morgan fingerprint density at radius 1 is 1.08 bits per heavy atom. The second-order valence-corrected chi connectivity index (χ2v) is 22.3. The van der Waals surface area contributed by atoms with Crippen LogP contribution in [0.3, 0.4) is 0 Å². The number of nitrogens with zero attached hydrogens (tertiary/aromatic N) is 5. The molecular weight excluding hydrogens is 705 g/mol. The first-order valence-corrected chi connectivity index (χ1v) is 21.8. The molecule has 3 aliphatic heterocycles. The summed E-state index contributed by atoms with van der Waals surface area (Å²) in [5.74, 6) is 3.33. The molecular formula is C38H43ClFN5O4SSi. The van der Waals surface area contributed by atoms with Crippen molar-refractivity contribution >= 4 is 64.4 Å². The highest BCUT2D eigenvalue weighted by molar-refractivity contribution is 7.90. The van der Waals surface area contributed by atoms with E-state index in [0.717, 1.165) is 5.39 Å². The number of ether oxygens (including phenoxy) is 1. The van der Waals surface area contributed by atoms with Gasteiger partial charge in [-0.2, -0.15) is 9.97 Å². The molecule has 5 atom stereocenters. The van der Waals surface area contributed by atoms with Crippen LogP contribution < -0.4 is 9.64 Å². The van der Waals surface area contributed by atoms with Gasteiger partial charge >= 0.3 is 11.2 Å².